The molecule has 0 radical (unpaired) electrons. The highest BCUT2D eigenvalue weighted by Gasteiger charge is 2.26. The van der Waals surface area contributed by atoms with Gasteiger partial charge in [0, 0.05) is 16.1 Å². The molecule has 0 aromatic heterocycles. The molecule has 0 N–H and O–H groups in total. The summed E-state index contributed by atoms with van der Waals surface area (Å²) in [5.41, 5.74) is 1.71. The van der Waals surface area contributed by atoms with Crippen LogP contribution in [-0.4, -0.2) is 36.4 Å². The second-order valence-electron chi connectivity index (χ2n) is 5.89. The molecule has 0 atom stereocenters. The summed E-state index contributed by atoms with van der Waals surface area (Å²) in [6.07, 6.45) is 0. The van der Waals surface area contributed by atoms with Crippen molar-refractivity contribution in [1.82, 2.24) is 0 Å². The quantitative estimate of drug-likeness (QED) is 0.432. The number of likely N-dealkylation sites (N-methyl/N-ethyl adjacent to an activating group) is 1. The Morgan fingerprint density at radius 1 is 1.00 bits per heavy atom. The fourth-order valence-corrected chi connectivity index (χ4v) is 2.72. The summed E-state index contributed by atoms with van der Waals surface area (Å²) in [6, 6.07) is 17.0. The van der Waals surface area contributed by atoms with Crippen molar-refractivity contribution in [2.24, 2.45) is 0 Å². The van der Waals surface area contributed by atoms with Gasteiger partial charge in [-0.2, -0.15) is 0 Å². The van der Waals surface area contributed by atoms with Crippen LogP contribution in [0, 0.1) is 11.8 Å². The van der Waals surface area contributed by atoms with Crippen LogP contribution >= 0.6 is 11.6 Å². The van der Waals surface area contributed by atoms with E-state index in [1.807, 2.05) is 30.3 Å². The Hall–Kier alpha value is -2.08. The van der Waals surface area contributed by atoms with E-state index in [1.54, 1.807) is 24.3 Å². The predicted octanol–water partition coefficient (Wildman–Crippen LogP) is 4.43. The lowest BCUT2D eigenvalue weighted by atomic mass is 10.1. The van der Waals surface area contributed by atoms with Crippen molar-refractivity contribution in [2.75, 3.05) is 26.2 Å². The molecule has 0 unspecified atom stereocenters. The lowest BCUT2D eigenvalue weighted by Gasteiger charge is -2.34. The second kappa shape index (κ2) is 8.68. The van der Waals surface area contributed by atoms with Crippen LogP contribution in [0.25, 0.3) is 0 Å². The van der Waals surface area contributed by atoms with Crippen LogP contribution in [0.4, 0.5) is 0 Å². The summed E-state index contributed by atoms with van der Waals surface area (Å²) in [6.45, 7) is 7.10. The minimum absolute atomic E-state index is 0.136. The predicted molar refractivity (Wildman–Crippen MR) is 100 cm³/mol. The van der Waals surface area contributed by atoms with Crippen LogP contribution in [0.1, 0.15) is 29.8 Å². The number of hydrogen-bond donors (Lipinski definition) is 0. The molecule has 2 rings (SSSR count). The summed E-state index contributed by atoms with van der Waals surface area (Å²) in [7, 11) is 0. The summed E-state index contributed by atoms with van der Waals surface area (Å²) < 4.78 is 0.668. The Labute approximate surface area is 149 Å². The van der Waals surface area contributed by atoms with Crippen molar-refractivity contribution in [3.63, 3.8) is 0 Å². The molecular formula is C21H23ClNO+. The van der Waals surface area contributed by atoms with E-state index in [-0.39, 0.29) is 5.78 Å². The molecule has 0 fully saturated rings. The molecule has 2 nitrogen and oxygen atoms in total. The van der Waals surface area contributed by atoms with Crippen LogP contribution in [0.5, 0.6) is 0 Å². The van der Waals surface area contributed by atoms with Gasteiger partial charge in [-0.25, -0.2) is 0 Å². The van der Waals surface area contributed by atoms with Gasteiger partial charge in [-0.05, 0) is 56.2 Å². The van der Waals surface area contributed by atoms with E-state index in [0.717, 1.165) is 18.7 Å². The number of Topliss-reactive ketones (excluding diaryl/α,β-unsaturated/α-hetero) is 1. The van der Waals surface area contributed by atoms with Crippen molar-refractivity contribution in [3.05, 3.63) is 70.7 Å². The lowest BCUT2D eigenvalue weighted by Crippen LogP contribution is -2.51. The first-order valence-corrected chi connectivity index (χ1v) is 8.64. The highest BCUT2D eigenvalue weighted by molar-refractivity contribution is 6.30. The number of quaternary nitrogens is 1. The van der Waals surface area contributed by atoms with Crippen molar-refractivity contribution >= 4 is 17.4 Å². The molecule has 2 aromatic rings. The van der Waals surface area contributed by atoms with Gasteiger partial charge in [0.15, 0.2) is 0 Å². The third-order valence-corrected chi connectivity index (χ3v) is 4.66. The van der Waals surface area contributed by atoms with Gasteiger partial charge < -0.3 is 4.48 Å². The maximum absolute atomic E-state index is 12.6. The summed E-state index contributed by atoms with van der Waals surface area (Å²) >= 11 is 5.90. The van der Waals surface area contributed by atoms with Gasteiger partial charge >= 0.3 is 0 Å². The topological polar surface area (TPSA) is 17.1 Å². The Balaban J connectivity index is 2.11. The first-order chi connectivity index (χ1) is 11.6. The molecule has 0 bridgehead atoms. The number of nitrogens with zero attached hydrogens (tertiary/aromatic N) is 1. The molecule has 0 aliphatic heterocycles. The average molecular weight is 341 g/mol. The van der Waals surface area contributed by atoms with Gasteiger partial charge in [0.05, 0.1) is 13.1 Å². The van der Waals surface area contributed by atoms with Crippen LogP contribution in [0.2, 0.25) is 5.02 Å². The van der Waals surface area contributed by atoms with Crippen molar-refractivity contribution in [1.29, 1.82) is 0 Å². The average Bonchev–Trinajstić information content (AvgIpc) is 2.62. The highest BCUT2D eigenvalue weighted by Crippen LogP contribution is 2.13. The third kappa shape index (κ3) is 4.96. The van der Waals surface area contributed by atoms with E-state index < -0.39 is 0 Å². The number of carbonyl (C=O) groups excluding carboxylic acids is 1. The monoisotopic (exact) mass is 340 g/mol. The van der Waals surface area contributed by atoms with Crippen molar-refractivity contribution < 1.29 is 9.28 Å². The first kappa shape index (κ1) is 18.3. The highest BCUT2D eigenvalue weighted by atomic mass is 35.5. The minimum atomic E-state index is 0.136. The maximum Gasteiger partial charge on any atom is 0.216 e. The molecule has 24 heavy (non-hydrogen) atoms. The van der Waals surface area contributed by atoms with E-state index in [9.17, 15) is 4.79 Å². The minimum Gasteiger partial charge on any atom is -0.307 e. The molecule has 0 saturated carbocycles. The summed E-state index contributed by atoms with van der Waals surface area (Å²) in [4.78, 5) is 12.6. The first-order valence-electron chi connectivity index (χ1n) is 8.26. The van der Waals surface area contributed by atoms with E-state index in [1.165, 1.54) is 0 Å². The number of benzene rings is 2. The Bertz CT molecular complexity index is 722. The molecular weight excluding hydrogens is 318 g/mol. The van der Waals surface area contributed by atoms with E-state index in [4.69, 9.17) is 11.6 Å². The zero-order valence-electron chi connectivity index (χ0n) is 14.3. The van der Waals surface area contributed by atoms with Crippen LogP contribution in [0.3, 0.4) is 0 Å². The SMILES string of the molecule is CC[N+](CC)(CC#Cc1ccccc1)CC(=O)c1ccc(Cl)cc1. The Kier molecular flexibility index (Phi) is 6.61. The Morgan fingerprint density at radius 3 is 2.21 bits per heavy atom. The van der Waals surface area contributed by atoms with Gasteiger partial charge in [0.25, 0.3) is 0 Å². The molecule has 3 heteroatoms. The maximum atomic E-state index is 12.6. The van der Waals surface area contributed by atoms with Crippen molar-refractivity contribution in [3.8, 4) is 11.8 Å². The zero-order valence-corrected chi connectivity index (χ0v) is 15.0. The fourth-order valence-electron chi connectivity index (χ4n) is 2.59. The molecule has 2 aromatic carbocycles. The van der Waals surface area contributed by atoms with E-state index in [2.05, 4.69) is 25.7 Å². The molecule has 0 spiro atoms. The summed E-state index contributed by atoms with van der Waals surface area (Å²) in [5, 5.41) is 0.645. The fraction of sp³-hybridized carbons (Fsp3) is 0.286. The normalized spacial score (nSPS) is 10.8. The van der Waals surface area contributed by atoms with Gasteiger partial charge in [0.2, 0.25) is 5.78 Å². The largest absolute Gasteiger partial charge is 0.307 e. The van der Waals surface area contributed by atoms with Gasteiger partial charge in [-0.15, -0.1) is 0 Å². The molecule has 0 aliphatic rings. The molecule has 124 valence electrons. The zero-order chi connectivity index (χ0) is 17.4. The van der Waals surface area contributed by atoms with Gasteiger partial charge in [-0.3, -0.25) is 4.79 Å². The molecule has 0 aliphatic carbocycles. The molecule has 0 amide bonds. The lowest BCUT2D eigenvalue weighted by molar-refractivity contribution is -0.910. The van der Waals surface area contributed by atoms with Gasteiger partial charge in [0.1, 0.15) is 13.1 Å². The number of rotatable bonds is 6. The van der Waals surface area contributed by atoms with E-state index in [0.29, 0.717) is 28.2 Å². The van der Waals surface area contributed by atoms with E-state index >= 15 is 0 Å². The number of hydrogen-bond acceptors (Lipinski definition) is 1. The number of halogens is 1. The van der Waals surface area contributed by atoms with Crippen molar-refractivity contribution in [2.45, 2.75) is 13.8 Å². The van der Waals surface area contributed by atoms with Crippen LogP contribution in [-0.2, 0) is 0 Å². The number of ketones is 1. The van der Waals surface area contributed by atoms with Gasteiger partial charge in [-0.1, -0.05) is 35.7 Å². The van der Waals surface area contributed by atoms with Crippen LogP contribution in [0.15, 0.2) is 54.6 Å². The standard InChI is InChI=1S/C21H23ClNO/c1-3-23(4-2,16-8-11-18-9-6-5-7-10-18)17-21(24)19-12-14-20(22)15-13-19/h5-7,9-10,12-15H,3-4,16-17H2,1-2H3/q+1. The second-order valence-corrected chi connectivity index (χ2v) is 6.32. The number of carbonyl (C=O) groups is 1. The third-order valence-electron chi connectivity index (χ3n) is 4.41. The van der Waals surface area contributed by atoms with Crippen LogP contribution < -0.4 is 0 Å². The Morgan fingerprint density at radius 2 is 1.62 bits per heavy atom. The summed E-state index contributed by atoms with van der Waals surface area (Å²) in [5.74, 6) is 6.59. The molecule has 0 heterocycles. The smallest absolute Gasteiger partial charge is 0.216 e. The molecule has 0 saturated heterocycles.